The fourth-order valence-electron chi connectivity index (χ4n) is 2.24. The Morgan fingerprint density at radius 3 is 2.58 bits per heavy atom. The molecule has 108 valence electrons. The van der Waals surface area contributed by atoms with Crippen LogP contribution in [0, 0.1) is 6.92 Å². The van der Waals surface area contributed by atoms with Crippen LogP contribution >= 0.6 is 0 Å². The van der Waals surface area contributed by atoms with E-state index >= 15 is 0 Å². The third kappa shape index (κ3) is 4.51. The molecule has 0 spiro atoms. The minimum Gasteiger partial charge on any atom is -0.496 e. The van der Waals surface area contributed by atoms with Gasteiger partial charge in [-0.15, -0.1) is 0 Å². The third-order valence-corrected chi connectivity index (χ3v) is 3.94. The van der Waals surface area contributed by atoms with Gasteiger partial charge >= 0.3 is 0 Å². The summed E-state index contributed by atoms with van der Waals surface area (Å²) in [4.78, 5) is 2.38. The lowest BCUT2D eigenvalue weighted by atomic mass is 9.98. The van der Waals surface area contributed by atoms with Gasteiger partial charge in [0.25, 0.3) is 0 Å². The lowest BCUT2D eigenvalue weighted by Crippen LogP contribution is -2.43. The summed E-state index contributed by atoms with van der Waals surface area (Å²) in [5.74, 6) is 0.982. The molecule has 0 fully saturated rings. The van der Waals surface area contributed by atoms with Crippen molar-refractivity contribution in [2.45, 2.75) is 39.2 Å². The Morgan fingerprint density at radius 1 is 1.32 bits per heavy atom. The van der Waals surface area contributed by atoms with Gasteiger partial charge in [0.05, 0.1) is 7.11 Å². The van der Waals surface area contributed by atoms with Gasteiger partial charge in [0, 0.05) is 12.1 Å². The van der Waals surface area contributed by atoms with Crippen LogP contribution in [-0.4, -0.2) is 37.7 Å². The number of aryl methyl sites for hydroxylation is 1. The Balaban J connectivity index is 2.68. The van der Waals surface area contributed by atoms with Crippen LogP contribution in [0.2, 0.25) is 0 Å². The van der Waals surface area contributed by atoms with Gasteiger partial charge in [0.15, 0.2) is 0 Å². The summed E-state index contributed by atoms with van der Waals surface area (Å²) in [6.45, 7) is 8.34. The van der Waals surface area contributed by atoms with E-state index in [1.54, 1.807) is 7.11 Å². The molecule has 1 rings (SSSR count). The van der Waals surface area contributed by atoms with Gasteiger partial charge in [0.2, 0.25) is 0 Å². The normalized spacial score (nSPS) is 11.9. The first-order chi connectivity index (χ1) is 8.90. The molecule has 3 heteroatoms. The number of likely N-dealkylation sites (N-methyl/N-ethyl adjacent to an activating group) is 1. The zero-order chi connectivity index (χ0) is 14.5. The van der Waals surface area contributed by atoms with Crippen LogP contribution in [0.1, 0.15) is 31.4 Å². The van der Waals surface area contributed by atoms with Crippen molar-refractivity contribution in [3.8, 4) is 5.75 Å². The molecule has 0 aromatic heterocycles. The molecule has 1 aromatic carbocycles. The first kappa shape index (κ1) is 16.0. The highest BCUT2D eigenvalue weighted by Crippen LogP contribution is 2.22. The average Bonchev–Trinajstić information content (AvgIpc) is 2.36. The maximum Gasteiger partial charge on any atom is 0.122 e. The summed E-state index contributed by atoms with van der Waals surface area (Å²) in [6.07, 6.45) is 2.00. The molecule has 0 atom stereocenters. The van der Waals surface area contributed by atoms with Gasteiger partial charge in [-0.2, -0.15) is 0 Å². The van der Waals surface area contributed by atoms with E-state index in [1.165, 1.54) is 11.1 Å². The second-order valence-corrected chi connectivity index (χ2v) is 5.84. The second-order valence-electron chi connectivity index (χ2n) is 5.84. The van der Waals surface area contributed by atoms with Crippen molar-refractivity contribution in [1.29, 1.82) is 0 Å². The maximum atomic E-state index is 5.68. The van der Waals surface area contributed by atoms with E-state index in [2.05, 4.69) is 50.9 Å². The molecular weight excluding hydrogens is 236 g/mol. The number of methoxy groups -OCH3 is 1. The summed E-state index contributed by atoms with van der Waals surface area (Å²) in [5.41, 5.74) is 8.38. The topological polar surface area (TPSA) is 38.5 Å². The molecule has 19 heavy (non-hydrogen) atoms. The molecule has 0 unspecified atom stereocenters. The van der Waals surface area contributed by atoms with Crippen LogP contribution in [0.5, 0.6) is 5.75 Å². The lowest BCUT2D eigenvalue weighted by molar-refractivity contribution is 0.149. The molecule has 0 aliphatic heterocycles. The number of ether oxygens (including phenoxy) is 1. The van der Waals surface area contributed by atoms with Crippen molar-refractivity contribution >= 4 is 0 Å². The van der Waals surface area contributed by atoms with Gasteiger partial charge in [-0.05, 0) is 58.8 Å². The Bertz CT molecular complexity index is 402. The molecule has 3 nitrogen and oxygen atoms in total. The number of rotatable bonds is 7. The van der Waals surface area contributed by atoms with Crippen molar-refractivity contribution in [3.63, 3.8) is 0 Å². The Labute approximate surface area is 117 Å². The monoisotopic (exact) mass is 264 g/mol. The van der Waals surface area contributed by atoms with Gasteiger partial charge in [-0.3, -0.25) is 0 Å². The van der Waals surface area contributed by atoms with E-state index in [4.69, 9.17) is 10.5 Å². The standard InChI is InChI=1S/C16H28N2O/c1-13-6-7-15(19-5)14(12-13)8-11-18(4)16(2,3)9-10-17/h6-7,12H,8-11,17H2,1-5H3. The van der Waals surface area contributed by atoms with Crippen molar-refractivity contribution in [3.05, 3.63) is 29.3 Å². The average molecular weight is 264 g/mol. The summed E-state index contributed by atoms with van der Waals surface area (Å²) in [5, 5.41) is 0. The molecule has 0 heterocycles. The number of hydrogen-bond donors (Lipinski definition) is 1. The molecule has 0 saturated heterocycles. The smallest absolute Gasteiger partial charge is 0.122 e. The highest BCUT2D eigenvalue weighted by atomic mass is 16.5. The summed E-state index contributed by atoms with van der Waals surface area (Å²) < 4.78 is 5.43. The number of benzene rings is 1. The van der Waals surface area contributed by atoms with Crippen molar-refractivity contribution in [2.24, 2.45) is 5.73 Å². The van der Waals surface area contributed by atoms with Crippen LogP contribution in [0.15, 0.2) is 18.2 Å². The molecule has 2 N–H and O–H groups in total. The van der Waals surface area contributed by atoms with Gasteiger partial charge < -0.3 is 15.4 Å². The minimum absolute atomic E-state index is 0.145. The van der Waals surface area contributed by atoms with Gasteiger partial charge in [-0.1, -0.05) is 17.7 Å². The minimum atomic E-state index is 0.145. The summed E-state index contributed by atoms with van der Waals surface area (Å²) in [6, 6.07) is 6.35. The number of hydrogen-bond acceptors (Lipinski definition) is 3. The van der Waals surface area contributed by atoms with E-state index < -0.39 is 0 Å². The molecule has 0 radical (unpaired) electrons. The quantitative estimate of drug-likeness (QED) is 0.822. The van der Waals surface area contributed by atoms with Gasteiger partial charge in [-0.25, -0.2) is 0 Å². The molecule has 1 aromatic rings. The molecular formula is C16H28N2O. The highest BCUT2D eigenvalue weighted by molar-refractivity contribution is 5.37. The second kappa shape index (κ2) is 6.92. The van der Waals surface area contributed by atoms with Gasteiger partial charge in [0.1, 0.15) is 5.75 Å². The first-order valence-corrected chi connectivity index (χ1v) is 6.95. The van der Waals surface area contributed by atoms with Crippen LogP contribution in [0.4, 0.5) is 0 Å². The number of nitrogens with two attached hydrogens (primary N) is 1. The predicted molar refractivity (Wildman–Crippen MR) is 81.8 cm³/mol. The zero-order valence-corrected chi connectivity index (χ0v) is 13.0. The van der Waals surface area contributed by atoms with Crippen molar-refractivity contribution < 1.29 is 4.74 Å². The van der Waals surface area contributed by atoms with E-state index in [-0.39, 0.29) is 5.54 Å². The van der Waals surface area contributed by atoms with Crippen molar-refractivity contribution in [2.75, 3.05) is 27.2 Å². The van der Waals surface area contributed by atoms with Crippen molar-refractivity contribution in [1.82, 2.24) is 4.90 Å². The van der Waals surface area contributed by atoms with E-state index in [1.807, 2.05) is 0 Å². The van der Waals surface area contributed by atoms with E-state index in [9.17, 15) is 0 Å². The third-order valence-electron chi connectivity index (χ3n) is 3.94. The van der Waals surface area contributed by atoms with E-state index in [0.29, 0.717) is 0 Å². The van der Waals surface area contributed by atoms with E-state index in [0.717, 1.165) is 31.7 Å². The molecule has 0 aliphatic carbocycles. The van der Waals surface area contributed by atoms with Crippen LogP contribution in [-0.2, 0) is 6.42 Å². The summed E-state index contributed by atoms with van der Waals surface area (Å²) in [7, 11) is 3.90. The number of nitrogens with zero attached hydrogens (tertiary/aromatic N) is 1. The molecule has 0 bridgehead atoms. The fraction of sp³-hybridized carbons (Fsp3) is 0.625. The predicted octanol–water partition coefficient (Wildman–Crippen LogP) is 2.61. The Hall–Kier alpha value is -1.06. The Morgan fingerprint density at radius 2 is 2.00 bits per heavy atom. The molecule has 0 saturated carbocycles. The van der Waals surface area contributed by atoms with Crippen LogP contribution in [0.25, 0.3) is 0 Å². The zero-order valence-electron chi connectivity index (χ0n) is 13.0. The van der Waals surface area contributed by atoms with Crippen LogP contribution < -0.4 is 10.5 Å². The lowest BCUT2D eigenvalue weighted by Gasteiger charge is -2.35. The SMILES string of the molecule is COc1ccc(C)cc1CCN(C)C(C)(C)CCN. The largest absolute Gasteiger partial charge is 0.496 e. The maximum absolute atomic E-state index is 5.68. The first-order valence-electron chi connectivity index (χ1n) is 6.95. The summed E-state index contributed by atoms with van der Waals surface area (Å²) >= 11 is 0. The Kier molecular flexibility index (Phi) is 5.83. The molecule has 0 aliphatic rings. The fourth-order valence-corrected chi connectivity index (χ4v) is 2.24. The highest BCUT2D eigenvalue weighted by Gasteiger charge is 2.22. The molecule has 0 amide bonds. The van der Waals surface area contributed by atoms with Crippen LogP contribution in [0.3, 0.4) is 0 Å².